The quantitative estimate of drug-likeness (QED) is 0.368. The molecule has 0 spiro atoms. The van der Waals surface area contributed by atoms with Gasteiger partial charge in [0.1, 0.15) is 6.42 Å². The van der Waals surface area contributed by atoms with E-state index in [1.165, 1.54) is 6.92 Å². The van der Waals surface area contributed by atoms with E-state index in [2.05, 4.69) is 10.6 Å². The molecule has 0 atom stereocenters. The van der Waals surface area contributed by atoms with Crippen LogP contribution in [0.3, 0.4) is 0 Å². The maximum atomic E-state index is 12.4. The highest BCUT2D eigenvalue weighted by Crippen LogP contribution is 2.15. The number of hydrogen-bond donors (Lipinski definition) is 2. The Labute approximate surface area is 143 Å². The van der Waals surface area contributed by atoms with Crippen molar-refractivity contribution in [2.75, 3.05) is 5.32 Å². The predicted molar refractivity (Wildman–Crippen MR) is 90.8 cm³/mol. The molecule has 3 amide bonds. The molecule has 1 aromatic rings. The van der Waals surface area contributed by atoms with Gasteiger partial charge in [0.15, 0.2) is 10.9 Å². The van der Waals surface area contributed by atoms with Crippen molar-refractivity contribution >= 4 is 46.5 Å². The minimum absolute atomic E-state index is 0.168. The Morgan fingerprint density at radius 2 is 1.96 bits per heavy atom. The van der Waals surface area contributed by atoms with Crippen molar-refractivity contribution in [1.29, 1.82) is 0 Å². The van der Waals surface area contributed by atoms with E-state index in [1.54, 1.807) is 12.1 Å². The second-order valence-electron chi connectivity index (χ2n) is 5.16. The zero-order valence-electron chi connectivity index (χ0n) is 13.1. The molecule has 0 aliphatic carbocycles. The third kappa shape index (κ3) is 3.90. The number of thiocarbonyl (C=S) groups is 1. The largest absolute Gasteiger partial charge is 0.322 e. The number of ketones is 1. The first kappa shape index (κ1) is 17.5. The van der Waals surface area contributed by atoms with Gasteiger partial charge in [0.25, 0.3) is 5.91 Å². The minimum atomic E-state index is -0.663. The van der Waals surface area contributed by atoms with Crippen LogP contribution in [-0.2, 0) is 19.2 Å². The number of carbonyl (C=O) groups excluding carboxylic acids is 4. The van der Waals surface area contributed by atoms with E-state index in [0.29, 0.717) is 5.69 Å². The smallest absolute Gasteiger partial charge is 0.260 e. The molecule has 1 aliphatic heterocycles. The summed E-state index contributed by atoms with van der Waals surface area (Å²) in [5.74, 6) is -2.33. The van der Waals surface area contributed by atoms with E-state index >= 15 is 0 Å². The fourth-order valence-electron chi connectivity index (χ4n) is 2.03. The van der Waals surface area contributed by atoms with Gasteiger partial charge in [0.05, 0.1) is 5.57 Å². The molecule has 0 saturated carbocycles. The van der Waals surface area contributed by atoms with Crippen LogP contribution in [0, 0.1) is 6.92 Å². The topological polar surface area (TPSA) is 95.6 Å². The van der Waals surface area contributed by atoms with Crippen LogP contribution in [0.2, 0.25) is 0 Å². The summed E-state index contributed by atoms with van der Waals surface area (Å²) in [6.07, 6.45) is 0.654. The predicted octanol–water partition coefficient (Wildman–Crippen LogP) is 1.04. The molecule has 7 nitrogen and oxygen atoms in total. The van der Waals surface area contributed by atoms with Gasteiger partial charge in [-0.2, -0.15) is 0 Å². The first-order valence-electron chi connectivity index (χ1n) is 7.05. The van der Waals surface area contributed by atoms with Gasteiger partial charge < -0.3 is 10.6 Å². The van der Waals surface area contributed by atoms with Crippen LogP contribution in [0.25, 0.3) is 0 Å². The zero-order valence-corrected chi connectivity index (χ0v) is 13.9. The van der Waals surface area contributed by atoms with Gasteiger partial charge in [0, 0.05) is 11.9 Å². The summed E-state index contributed by atoms with van der Waals surface area (Å²) in [7, 11) is 0. The summed E-state index contributed by atoms with van der Waals surface area (Å²) in [5.41, 5.74) is 1.13. The molecule has 0 unspecified atom stereocenters. The number of nitrogens with one attached hydrogen (secondary N) is 2. The molecule has 1 saturated heterocycles. The highest BCUT2D eigenvalue weighted by molar-refractivity contribution is 7.80. The number of rotatable bonds is 4. The second kappa shape index (κ2) is 7.14. The van der Waals surface area contributed by atoms with Crippen molar-refractivity contribution in [1.82, 2.24) is 10.2 Å². The Kier molecular flexibility index (Phi) is 5.20. The van der Waals surface area contributed by atoms with Gasteiger partial charge in [-0.1, -0.05) is 18.2 Å². The van der Waals surface area contributed by atoms with Crippen LogP contribution in [0.4, 0.5) is 5.69 Å². The molecule has 1 fully saturated rings. The number of benzene rings is 1. The number of hydrogen-bond acceptors (Lipinski definition) is 5. The number of amides is 3. The fraction of sp³-hybridized carbons (Fsp3) is 0.188. The molecular formula is C16H15N3O4S. The SMILES string of the molecule is CC(=O)/C(=C/N1C(=O)CC(=O)NC1=S)C(=O)Nc1ccccc1C. The van der Waals surface area contributed by atoms with Crippen LogP contribution in [0.5, 0.6) is 0 Å². The molecule has 24 heavy (non-hydrogen) atoms. The first-order chi connectivity index (χ1) is 11.3. The average molecular weight is 345 g/mol. The highest BCUT2D eigenvalue weighted by atomic mass is 32.1. The van der Waals surface area contributed by atoms with Gasteiger partial charge in [-0.05, 0) is 37.7 Å². The lowest BCUT2D eigenvalue weighted by Crippen LogP contribution is -2.50. The van der Waals surface area contributed by atoms with Crippen molar-refractivity contribution < 1.29 is 19.2 Å². The fourth-order valence-corrected chi connectivity index (χ4v) is 2.30. The number of Topliss-reactive ketones (excluding diaryl/α,β-unsaturated/α-hetero) is 1. The Morgan fingerprint density at radius 1 is 1.29 bits per heavy atom. The van der Waals surface area contributed by atoms with E-state index in [-0.39, 0.29) is 10.7 Å². The Morgan fingerprint density at radius 3 is 2.54 bits per heavy atom. The molecule has 8 heteroatoms. The standard InChI is InChI=1S/C16H15N3O4S/c1-9-5-3-4-6-12(9)17-15(23)11(10(2)20)8-19-14(22)7-13(21)18-16(19)24/h3-6,8H,7H2,1-2H3,(H,17,23)(H,18,21,24)/b11-8-. The van der Waals surface area contributed by atoms with Gasteiger partial charge in [-0.25, -0.2) is 0 Å². The monoisotopic (exact) mass is 345 g/mol. The van der Waals surface area contributed by atoms with Crippen LogP contribution in [-0.4, -0.2) is 33.5 Å². The summed E-state index contributed by atoms with van der Waals surface area (Å²) >= 11 is 4.91. The zero-order chi connectivity index (χ0) is 17.9. The summed E-state index contributed by atoms with van der Waals surface area (Å²) in [6, 6.07) is 7.08. The van der Waals surface area contributed by atoms with Gasteiger partial charge >= 0.3 is 0 Å². The molecule has 1 aromatic carbocycles. The Balaban J connectivity index is 2.28. The number of aryl methyl sites for hydroxylation is 1. The van der Waals surface area contributed by atoms with Crippen molar-refractivity contribution in [3.63, 3.8) is 0 Å². The van der Waals surface area contributed by atoms with Gasteiger partial charge in [-0.3, -0.25) is 24.1 Å². The number of carbonyl (C=O) groups is 4. The van der Waals surface area contributed by atoms with Crippen LogP contribution in [0.15, 0.2) is 36.0 Å². The summed E-state index contributed by atoms with van der Waals surface area (Å²) in [5, 5.41) is 4.77. The minimum Gasteiger partial charge on any atom is -0.322 e. The van der Waals surface area contributed by atoms with E-state index in [9.17, 15) is 19.2 Å². The normalized spacial score (nSPS) is 15.2. The maximum absolute atomic E-state index is 12.4. The lowest BCUT2D eigenvalue weighted by Gasteiger charge is -2.24. The molecular weight excluding hydrogens is 330 g/mol. The van der Waals surface area contributed by atoms with Crippen LogP contribution in [0.1, 0.15) is 18.9 Å². The average Bonchev–Trinajstić information content (AvgIpc) is 2.48. The van der Waals surface area contributed by atoms with Crippen molar-refractivity contribution in [3.05, 3.63) is 41.6 Å². The maximum Gasteiger partial charge on any atom is 0.260 e. The highest BCUT2D eigenvalue weighted by Gasteiger charge is 2.28. The third-order valence-corrected chi connectivity index (χ3v) is 3.62. The van der Waals surface area contributed by atoms with E-state index in [1.807, 2.05) is 19.1 Å². The lowest BCUT2D eigenvalue weighted by atomic mass is 10.1. The van der Waals surface area contributed by atoms with Gasteiger partial charge in [0.2, 0.25) is 11.8 Å². The first-order valence-corrected chi connectivity index (χ1v) is 7.46. The van der Waals surface area contributed by atoms with E-state index in [0.717, 1.165) is 16.7 Å². The second-order valence-corrected chi connectivity index (χ2v) is 5.55. The molecule has 0 bridgehead atoms. The number of nitrogens with zero attached hydrogens (tertiary/aromatic N) is 1. The van der Waals surface area contributed by atoms with Crippen molar-refractivity contribution in [2.45, 2.75) is 20.3 Å². The third-order valence-electron chi connectivity index (χ3n) is 3.32. The summed E-state index contributed by atoms with van der Waals surface area (Å²) < 4.78 is 0. The summed E-state index contributed by atoms with van der Waals surface area (Å²) in [6.45, 7) is 3.02. The molecule has 1 heterocycles. The molecule has 2 N–H and O–H groups in total. The molecule has 124 valence electrons. The number of para-hydroxylation sites is 1. The van der Waals surface area contributed by atoms with Crippen molar-refractivity contribution in [3.8, 4) is 0 Å². The molecule has 2 rings (SSSR count). The summed E-state index contributed by atoms with van der Waals surface area (Å²) in [4.78, 5) is 48.3. The van der Waals surface area contributed by atoms with Gasteiger partial charge in [-0.15, -0.1) is 0 Å². The molecule has 0 aromatic heterocycles. The Hall–Kier alpha value is -2.87. The number of anilines is 1. The van der Waals surface area contributed by atoms with E-state index < -0.39 is 29.9 Å². The lowest BCUT2D eigenvalue weighted by molar-refractivity contribution is -0.133. The van der Waals surface area contributed by atoms with E-state index in [4.69, 9.17) is 12.2 Å². The van der Waals surface area contributed by atoms with Crippen molar-refractivity contribution in [2.24, 2.45) is 0 Å². The van der Waals surface area contributed by atoms with Crippen LogP contribution < -0.4 is 10.6 Å². The molecule has 0 radical (unpaired) electrons. The Bertz CT molecular complexity index is 765. The molecule has 1 aliphatic rings. The van der Waals surface area contributed by atoms with Crippen LogP contribution >= 0.6 is 12.2 Å².